The van der Waals surface area contributed by atoms with Crippen LogP contribution in [0.5, 0.6) is 0 Å². The van der Waals surface area contributed by atoms with E-state index >= 15 is 0 Å². The SMILES string of the molecule is COC(=O)c1cccc(-n2ncc3c(N)cccc32)c1. The number of hydrogen-bond donors (Lipinski definition) is 1. The summed E-state index contributed by atoms with van der Waals surface area (Å²) in [6.45, 7) is 0. The van der Waals surface area contributed by atoms with Gasteiger partial charge < -0.3 is 10.5 Å². The highest BCUT2D eigenvalue weighted by Gasteiger charge is 2.10. The third-order valence-corrected chi connectivity index (χ3v) is 3.16. The summed E-state index contributed by atoms with van der Waals surface area (Å²) in [4.78, 5) is 11.6. The molecule has 20 heavy (non-hydrogen) atoms. The monoisotopic (exact) mass is 267 g/mol. The van der Waals surface area contributed by atoms with E-state index in [2.05, 4.69) is 5.10 Å². The van der Waals surface area contributed by atoms with Gasteiger partial charge in [0.1, 0.15) is 0 Å². The molecule has 5 heteroatoms. The van der Waals surface area contributed by atoms with E-state index in [1.165, 1.54) is 7.11 Å². The van der Waals surface area contributed by atoms with Gasteiger partial charge in [0.15, 0.2) is 0 Å². The van der Waals surface area contributed by atoms with Crippen molar-refractivity contribution in [2.24, 2.45) is 0 Å². The van der Waals surface area contributed by atoms with E-state index in [0.717, 1.165) is 16.6 Å². The van der Waals surface area contributed by atoms with Crippen LogP contribution in [0.4, 0.5) is 5.69 Å². The van der Waals surface area contributed by atoms with Gasteiger partial charge in [0.25, 0.3) is 0 Å². The number of nitrogens with two attached hydrogens (primary N) is 1. The summed E-state index contributed by atoms with van der Waals surface area (Å²) in [6, 6.07) is 12.8. The standard InChI is InChI=1S/C15H13N3O2/c1-20-15(19)10-4-2-5-11(8-10)18-14-7-3-6-13(16)12(14)9-17-18/h2-9H,16H2,1H3. The number of ether oxygens (including phenoxy) is 1. The fourth-order valence-electron chi connectivity index (χ4n) is 2.16. The second-order valence-electron chi connectivity index (χ2n) is 4.38. The van der Waals surface area contributed by atoms with Crippen LogP contribution in [0.15, 0.2) is 48.7 Å². The average Bonchev–Trinajstić information content (AvgIpc) is 2.92. The number of esters is 1. The van der Waals surface area contributed by atoms with Gasteiger partial charge in [0.2, 0.25) is 0 Å². The fourth-order valence-corrected chi connectivity index (χ4v) is 2.16. The molecule has 2 aromatic carbocycles. The van der Waals surface area contributed by atoms with Crippen LogP contribution in [0, 0.1) is 0 Å². The van der Waals surface area contributed by atoms with Gasteiger partial charge in [-0.3, -0.25) is 0 Å². The van der Waals surface area contributed by atoms with E-state index in [0.29, 0.717) is 11.3 Å². The molecule has 2 N–H and O–H groups in total. The van der Waals surface area contributed by atoms with Gasteiger partial charge in [0.05, 0.1) is 30.1 Å². The molecule has 3 rings (SSSR count). The van der Waals surface area contributed by atoms with Gasteiger partial charge in [-0.25, -0.2) is 9.48 Å². The van der Waals surface area contributed by atoms with Gasteiger partial charge in [-0.2, -0.15) is 5.10 Å². The van der Waals surface area contributed by atoms with Gasteiger partial charge >= 0.3 is 5.97 Å². The predicted octanol–water partition coefficient (Wildman–Crippen LogP) is 2.39. The second-order valence-corrected chi connectivity index (χ2v) is 4.38. The summed E-state index contributed by atoms with van der Waals surface area (Å²) in [5, 5.41) is 5.22. The molecule has 0 aliphatic rings. The van der Waals surface area contributed by atoms with Crippen LogP contribution in [-0.2, 0) is 4.74 Å². The summed E-state index contributed by atoms with van der Waals surface area (Å²) < 4.78 is 6.47. The Bertz CT molecular complexity index is 793. The Kier molecular flexibility index (Phi) is 2.87. The van der Waals surface area contributed by atoms with E-state index in [1.807, 2.05) is 24.3 Å². The zero-order chi connectivity index (χ0) is 14.1. The number of nitrogen functional groups attached to an aromatic ring is 1. The Hall–Kier alpha value is -2.82. The van der Waals surface area contributed by atoms with Crippen molar-refractivity contribution in [3.8, 4) is 5.69 Å². The predicted molar refractivity (Wildman–Crippen MR) is 76.8 cm³/mol. The molecule has 0 amide bonds. The number of aromatic nitrogens is 2. The quantitative estimate of drug-likeness (QED) is 0.571. The zero-order valence-electron chi connectivity index (χ0n) is 10.9. The lowest BCUT2D eigenvalue weighted by atomic mass is 10.2. The third-order valence-electron chi connectivity index (χ3n) is 3.16. The topological polar surface area (TPSA) is 70.1 Å². The molecule has 5 nitrogen and oxygen atoms in total. The number of anilines is 1. The van der Waals surface area contributed by atoms with Crippen molar-refractivity contribution in [3.63, 3.8) is 0 Å². The number of fused-ring (bicyclic) bond motifs is 1. The molecular weight excluding hydrogens is 254 g/mol. The molecule has 0 aliphatic heterocycles. The summed E-state index contributed by atoms with van der Waals surface area (Å²) in [6.07, 6.45) is 1.72. The lowest BCUT2D eigenvalue weighted by Crippen LogP contribution is -2.03. The molecule has 0 aliphatic carbocycles. The van der Waals surface area contributed by atoms with Crippen molar-refractivity contribution in [1.29, 1.82) is 0 Å². The first-order chi connectivity index (χ1) is 9.70. The Balaban J connectivity index is 2.16. The summed E-state index contributed by atoms with van der Waals surface area (Å²) in [5.74, 6) is -0.372. The lowest BCUT2D eigenvalue weighted by Gasteiger charge is -2.06. The largest absolute Gasteiger partial charge is 0.465 e. The molecule has 0 unspecified atom stereocenters. The van der Waals surface area contributed by atoms with E-state index in [9.17, 15) is 4.79 Å². The molecule has 3 aromatic rings. The second kappa shape index (κ2) is 4.70. The van der Waals surface area contributed by atoms with Crippen molar-refractivity contribution >= 4 is 22.6 Å². The van der Waals surface area contributed by atoms with Crippen LogP contribution in [0.2, 0.25) is 0 Å². The first kappa shape index (κ1) is 12.2. The van der Waals surface area contributed by atoms with Crippen molar-refractivity contribution in [2.45, 2.75) is 0 Å². The normalized spacial score (nSPS) is 10.7. The highest BCUT2D eigenvalue weighted by molar-refractivity contribution is 5.92. The van der Waals surface area contributed by atoms with E-state index in [-0.39, 0.29) is 5.97 Å². The van der Waals surface area contributed by atoms with Gasteiger partial charge in [-0.15, -0.1) is 0 Å². The number of nitrogens with zero attached hydrogens (tertiary/aromatic N) is 2. The number of methoxy groups -OCH3 is 1. The molecule has 0 saturated heterocycles. The Labute approximate surface area is 115 Å². The lowest BCUT2D eigenvalue weighted by molar-refractivity contribution is 0.0600. The molecule has 0 atom stereocenters. The Morgan fingerprint density at radius 3 is 2.85 bits per heavy atom. The molecule has 0 spiro atoms. The van der Waals surface area contributed by atoms with E-state index in [4.69, 9.17) is 10.5 Å². The van der Waals surface area contributed by atoms with Crippen LogP contribution in [-0.4, -0.2) is 22.9 Å². The first-order valence-electron chi connectivity index (χ1n) is 6.11. The number of benzene rings is 2. The molecular formula is C15H13N3O2. The summed E-state index contributed by atoms with van der Waals surface area (Å²) >= 11 is 0. The van der Waals surface area contributed by atoms with E-state index in [1.54, 1.807) is 29.1 Å². The first-order valence-corrected chi connectivity index (χ1v) is 6.11. The maximum absolute atomic E-state index is 11.6. The Morgan fingerprint density at radius 2 is 2.05 bits per heavy atom. The zero-order valence-corrected chi connectivity index (χ0v) is 10.9. The highest BCUT2D eigenvalue weighted by Crippen LogP contribution is 2.23. The fraction of sp³-hybridized carbons (Fsp3) is 0.0667. The third kappa shape index (κ3) is 1.89. The minimum Gasteiger partial charge on any atom is -0.465 e. The van der Waals surface area contributed by atoms with Crippen molar-refractivity contribution < 1.29 is 9.53 Å². The number of hydrogen-bond acceptors (Lipinski definition) is 4. The van der Waals surface area contributed by atoms with Crippen LogP contribution in [0.3, 0.4) is 0 Å². The average molecular weight is 267 g/mol. The number of carbonyl (C=O) groups excluding carboxylic acids is 1. The van der Waals surface area contributed by atoms with Crippen molar-refractivity contribution in [2.75, 3.05) is 12.8 Å². The summed E-state index contributed by atoms with van der Waals surface area (Å²) in [7, 11) is 1.36. The number of carbonyl (C=O) groups is 1. The van der Waals surface area contributed by atoms with Gasteiger partial charge in [0, 0.05) is 11.1 Å². The smallest absolute Gasteiger partial charge is 0.337 e. The number of rotatable bonds is 2. The van der Waals surface area contributed by atoms with Crippen molar-refractivity contribution in [1.82, 2.24) is 9.78 Å². The van der Waals surface area contributed by atoms with Gasteiger partial charge in [-0.05, 0) is 30.3 Å². The molecule has 0 fully saturated rings. The molecule has 0 bridgehead atoms. The maximum Gasteiger partial charge on any atom is 0.337 e. The minimum atomic E-state index is -0.372. The van der Waals surface area contributed by atoms with Crippen LogP contribution in [0.1, 0.15) is 10.4 Å². The van der Waals surface area contributed by atoms with E-state index < -0.39 is 0 Å². The molecule has 0 radical (unpaired) electrons. The molecule has 1 aromatic heterocycles. The molecule has 100 valence electrons. The van der Waals surface area contributed by atoms with Crippen molar-refractivity contribution in [3.05, 3.63) is 54.2 Å². The maximum atomic E-state index is 11.6. The summed E-state index contributed by atoms with van der Waals surface area (Å²) in [5.41, 5.74) is 8.76. The highest BCUT2D eigenvalue weighted by atomic mass is 16.5. The Morgan fingerprint density at radius 1 is 1.25 bits per heavy atom. The van der Waals surface area contributed by atoms with Crippen LogP contribution >= 0.6 is 0 Å². The minimum absolute atomic E-state index is 0.372. The molecule has 0 saturated carbocycles. The molecule has 1 heterocycles. The van der Waals surface area contributed by atoms with Crippen LogP contribution < -0.4 is 5.73 Å². The van der Waals surface area contributed by atoms with Crippen LogP contribution in [0.25, 0.3) is 16.6 Å². The van der Waals surface area contributed by atoms with Gasteiger partial charge in [-0.1, -0.05) is 12.1 Å².